The van der Waals surface area contributed by atoms with Crippen LogP contribution >= 0.6 is 11.3 Å². The van der Waals surface area contributed by atoms with Crippen LogP contribution in [0.1, 0.15) is 20.8 Å². The van der Waals surface area contributed by atoms with E-state index in [0.29, 0.717) is 27.6 Å². The third-order valence-electron chi connectivity index (χ3n) is 3.22. The molecule has 0 atom stereocenters. The van der Waals surface area contributed by atoms with Crippen LogP contribution in [0.3, 0.4) is 0 Å². The molecule has 21 heavy (non-hydrogen) atoms. The van der Waals surface area contributed by atoms with Gasteiger partial charge in [0.15, 0.2) is 0 Å². The van der Waals surface area contributed by atoms with Crippen molar-refractivity contribution in [1.29, 1.82) is 0 Å². The van der Waals surface area contributed by atoms with E-state index in [2.05, 4.69) is 15.3 Å². The molecule has 0 radical (unpaired) electrons. The summed E-state index contributed by atoms with van der Waals surface area (Å²) < 4.78 is 0. The van der Waals surface area contributed by atoms with E-state index < -0.39 is 5.97 Å². The molecule has 5 nitrogen and oxygen atoms in total. The fourth-order valence-corrected chi connectivity index (χ4v) is 3.18. The summed E-state index contributed by atoms with van der Waals surface area (Å²) in [7, 11) is 0. The Morgan fingerprint density at radius 3 is 2.76 bits per heavy atom. The van der Waals surface area contributed by atoms with Gasteiger partial charge in [0, 0.05) is 6.54 Å². The molecule has 0 aliphatic carbocycles. The van der Waals surface area contributed by atoms with Crippen molar-refractivity contribution in [2.45, 2.75) is 13.5 Å². The molecule has 3 aromatic rings. The predicted molar refractivity (Wildman–Crippen MR) is 82.9 cm³/mol. The topological polar surface area (TPSA) is 75.1 Å². The minimum Gasteiger partial charge on any atom is -0.477 e. The average Bonchev–Trinajstić information content (AvgIpc) is 2.84. The van der Waals surface area contributed by atoms with E-state index in [-0.39, 0.29) is 0 Å². The van der Waals surface area contributed by atoms with Crippen LogP contribution in [0.15, 0.2) is 36.7 Å². The number of carboxylic acids is 1. The fourth-order valence-electron chi connectivity index (χ4n) is 2.19. The van der Waals surface area contributed by atoms with E-state index in [0.717, 1.165) is 10.9 Å². The fraction of sp³-hybridized carbons (Fsp3) is 0.133. The summed E-state index contributed by atoms with van der Waals surface area (Å²) in [4.78, 5) is 20.6. The maximum Gasteiger partial charge on any atom is 0.346 e. The molecule has 0 saturated heterocycles. The Bertz CT molecular complexity index is 799. The molecule has 0 bridgehead atoms. The lowest BCUT2D eigenvalue weighted by molar-refractivity contribution is 0.0701. The number of anilines is 1. The number of nitrogens with one attached hydrogen (secondary N) is 1. The van der Waals surface area contributed by atoms with Crippen LogP contribution in [-0.4, -0.2) is 21.0 Å². The van der Waals surface area contributed by atoms with Gasteiger partial charge in [0.2, 0.25) is 0 Å². The zero-order valence-electron chi connectivity index (χ0n) is 11.3. The minimum atomic E-state index is -0.926. The molecular weight excluding hydrogens is 286 g/mol. The number of aromatic nitrogens is 2. The van der Waals surface area contributed by atoms with Crippen LogP contribution in [0.5, 0.6) is 0 Å². The maximum absolute atomic E-state index is 11.2. The van der Waals surface area contributed by atoms with Gasteiger partial charge in [-0.3, -0.25) is 0 Å². The molecule has 0 saturated carbocycles. The number of benzene rings is 1. The van der Waals surface area contributed by atoms with Crippen molar-refractivity contribution in [1.82, 2.24) is 9.97 Å². The van der Waals surface area contributed by atoms with Crippen LogP contribution in [-0.2, 0) is 6.54 Å². The standard InChI is InChI=1S/C15H13N3O2S/c1-9-11-13(16-7-10-5-3-2-4-6-10)17-8-18-14(11)21-12(9)15(19)20/h2-6,8H,7H2,1H3,(H,19,20)(H,16,17,18). The smallest absolute Gasteiger partial charge is 0.346 e. The number of rotatable bonds is 4. The van der Waals surface area contributed by atoms with Gasteiger partial charge in [-0.25, -0.2) is 14.8 Å². The van der Waals surface area contributed by atoms with Crippen LogP contribution in [0, 0.1) is 6.92 Å². The molecule has 0 spiro atoms. The number of aromatic carboxylic acids is 1. The Morgan fingerprint density at radius 2 is 2.05 bits per heavy atom. The summed E-state index contributed by atoms with van der Waals surface area (Å²) in [5.74, 6) is -0.255. The first kappa shape index (κ1) is 13.5. The monoisotopic (exact) mass is 299 g/mol. The van der Waals surface area contributed by atoms with Crippen molar-refractivity contribution in [2.24, 2.45) is 0 Å². The summed E-state index contributed by atoms with van der Waals surface area (Å²) in [5.41, 5.74) is 1.84. The van der Waals surface area contributed by atoms with Gasteiger partial charge in [-0.05, 0) is 18.1 Å². The summed E-state index contributed by atoms with van der Waals surface area (Å²) in [6.07, 6.45) is 1.46. The van der Waals surface area contributed by atoms with Gasteiger partial charge in [0.05, 0.1) is 5.39 Å². The molecule has 0 unspecified atom stereocenters. The van der Waals surface area contributed by atoms with Crippen LogP contribution in [0.25, 0.3) is 10.2 Å². The van der Waals surface area contributed by atoms with E-state index in [1.54, 1.807) is 6.92 Å². The second-order valence-electron chi connectivity index (χ2n) is 4.60. The molecule has 1 aromatic carbocycles. The van der Waals surface area contributed by atoms with Crippen LogP contribution < -0.4 is 5.32 Å². The lowest BCUT2D eigenvalue weighted by Gasteiger charge is -2.07. The average molecular weight is 299 g/mol. The number of carbonyl (C=O) groups is 1. The first-order chi connectivity index (χ1) is 10.2. The van der Waals surface area contributed by atoms with Gasteiger partial charge in [0.25, 0.3) is 0 Å². The molecule has 0 aliphatic rings. The van der Waals surface area contributed by atoms with Crippen LogP contribution in [0.2, 0.25) is 0 Å². The predicted octanol–water partition coefficient (Wildman–Crippen LogP) is 3.31. The van der Waals surface area contributed by atoms with Crippen LogP contribution in [0.4, 0.5) is 5.82 Å². The van der Waals surface area contributed by atoms with Gasteiger partial charge in [-0.1, -0.05) is 30.3 Å². The SMILES string of the molecule is Cc1c(C(=O)O)sc2ncnc(NCc3ccccc3)c12. The van der Waals surface area contributed by atoms with Crippen molar-refractivity contribution in [3.63, 3.8) is 0 Å². The Kier molecular flexibility index (Phi) is 3.53. The molecule has 0 aliphatic heterocycles. The summed E-state index contributed by atoms with van der Waals surface area (Å²) >= 11 is 1.18. The molecule has 106 valence electrons. The third kappa shape index (κ3) is 2.57. The molecule has 3 rings (SSSR count). The number of fused-ring (bicyclic) bond motifs is 1. The molecular formula is C15H13N3O2S. The number of hydrogen-bond donors (Lipinski definition) is 2. The molecule has 2 heterocycles. The second-order valence-corrected chi connectivity index (χ2v) is 5.60. The molecule has 2 N–H and O–H groups in total. The summed E-state index contributed by atoms with van der Waals surface area (Å²) in [6.45, 7) is 2.42. The Balaban J connectivity index is 1.97. The van der Waals surface area contributed by atoms with Gasteiger partial charge < -0.3 is 10.4 Å². The summed E-state index contributed by atoms with van der Waals surface area (Å²) in [6, 6.07) is 9.97. The number of aryl methyl sites for hydroxylation is 1. The van der Waals surface area contributed by atoms with E-state index >= 15 is 0 Å². The normalized spacial score (nSPS) is 10.7. The van der Waals surface area contributed by atoms with Gasteiger partial charge in [-0.2, -0.15) is 0 Å². The van der Waals surface area contributed by atoms with E-state index in [1.165, 1.54) is 17.7 Å². The van der Waals surface area contributed by atoms with Gasteiger partial charge in [0.1, 0.15) is 21.9 Å². The van der Waals surface area contributed by atoms with Crippen molar-refractivity contribution in [3.05, 3.63) is 52.7 Å². The van der Waals surface area contributed by atoms with Gasteiger partial charge >= 0.3 is 5.97 Å². The zero-order valence-corrected chi connectivity index (χ0v) is 12.1. The Labute approximate surface area is 125 Å². The quantitative estimate of drug-likeness (QED) is 0.773. The van der Waals surface area contributed by atoms with Crippen molar-refractivity contribution in [3.8, 4) is 0 Å². The first-order valence-corrected chi connectivity index (χ1v) is 7.23. The van der Waals surface area contributed by atoms with Crippen molar-refractivity contribution < 1.29 is 9.90 Å². The minimum absolute atomic E-state index is 0.313. The molecule has 0 amide bonds. The van der Waals surface area contributed by atoms with E-state index in [4.69, 9.17) is 0 Å². The highest BCUT2D eigenvalue weighted by Gasteiger charge is 2.18. The van der Waals surface area contributed by atoms with Gasteiger partial charge in [-0.15, -0.1) is 11.3 Å². The largest absolute Gasteiger partial charge is 0.477 e. The number of nitrogens with zero attached hydrogens (tertiary/aromatic N) is 2. The highest BCUT2D eigenvalue weighted by molar-refractivity contribution is 7.20. The molecule has 0 fully saturated rings. The Hall–Kier alpha value is -2.47. The second kappa shape index (κ2) is 5.49. The lowest BCUT2D eigenvalue weighted by atomic mass is 10.2. The highest BCUT2D eigenvalue weighted by atomic mass is 32.1. The lowest BCUT2D eigenvalue weighted by Crippen LogP contribution is -2.02. The third-order valence-corrected chi connectivity index (χ3v) is 4.41. The molecule has 6 heteroatoms. The number of carboxylic acid groups (broad SMARTS) is 1. The Morgan fingerprint density at radius 1 is 1.29 bits per heavy atom. The number of thiophene rings is 1. The maximum atomic E-state index is 11.2. The summed E-state index contributed by atoms with van der Waals surface area (Å²) in [5, 5.41) is 13.3. The van der Waals surface area contributed by atoms with E-state index in [9.17, 15) is 9.90 Å². The molecule has 2 aromatic heterocycles. The highest BCUT2D eigenvalue weighted by Crippen LogP contribution is 2.33. The van der Waals surface area contributed by atoms with Crippen molar-refractivity contribution in [2.75, 3.05) is 5.32 Å². The first-order valence-electron chi connectivity index (χ1n) is 6.42. The van der Waals surface area contributed by atoms with E-state index in [1.807, 2.05) is 30.3 Å². The number of hydrogen-bond acceptors (Lipinski definition) is 5. The zero-order chi connectivity index (χ0) is 14.8. The van der Waals surface area contributed by atoms with Crippen molar-refractivity contribution >= 4 is 33.3 Å².